The minimum Gasteiger partial charge on any atom is -0.390 e. The maximum atomic E-state index is 8.88. The Labute approximate surface area is 66.5 Å². The number of aromatic amines is 1. The van der Waals surface area contributed by atoms with Gasteiger partial charge in [0.2, 0.25) is 0 Å². The van der Waals surface area contributed by atoms with Crippen molar-refractivity contribution in [3.05, 3.63) is 17.7 Å². The number of hydrogen-bond donors (Lipinski definition) is 2. The number of rotatable bonds is 3. The average molecular weight is 154 g/mol. The molecule has 0 aliphatic carbocycles. The Morgan fingerprint density at radius 3 is 3.00 bits per heavy atom. The summed E-state index contributed by atoms with van der Waals surface area (Å²) in [4.78, 5) is 7.05. The molecule has 0 saturated heterocycles. The van der Waals surface area contributed by atoms with Crippen LogP contribution in [0.2, 0.25) is 0 Å². The van der Waals surface area contributed by atoms with Gasteiger partial charge in [-0.15, -0.1) is 0 Å². The highest BCUT2D eigenvalue weighted by Gasteiger charge is 2.10. The summed E-state index contributed by atoms with van der Waals surface area (Å²) >= 11 is 0. The van der Waals surface area contributed by atoms with Gasteiger partial charge in [0, 0.05) is 5.92 Å². The number of aliphatic hydroxyl groups excluding tert-OH is 1. The molecule has 0 aliphatic rings. The first kappa shape index (κ1) is 8.27. The third kappa shape index (κ3) is 1.60. The van der Waals surface area contributed by atoms with Crippen LogP contribution < -0.4 is 0 Å². The standard InChI is InChI=1S/C8H14N2O/c1-3-6(2)8-7(4-11)9-5-10-8/h5-6,11H,3-4H2,1-2H3,(H,9,10). The van der Waals surface area contributed by atoms with Crippen LogP contribution in [0.5, 0.6) is 0 Å². The molecule has 0 saturated carbocycles. The van der Waals surface area contributed by atoms with Crippen molar-refractivity contribution in [1.29, 1.82) is 0 Å². The van der Waals surface area contributed by atoms with Crippen LogP contribution in [0.3, 0.4) is 0 Å². The fourth-order valence-electron chi connectivity index (χ4n) is 1.08. The van der Waals surface area contributed by atoms with Crippen LogP contribution in [-0.4, -0.2) is 15.1 Å². The number of H-pyrrole nitrogens is 1. The molecule has 1 aromatic rings. The summed E-state index contributed by atoms with van der Waals surface area (Å²) < 4.78 is 0. The summed E-state index contributed by atoms with van der Waals surface area (Å²) in [5.41, 5.74) is 1.84. The van der Waals surface area contributed by atoms with Gasteiger partial charge in [0.1, 0.15) is 0 Å². The number of nitrogens with one attached hydrogen (secondary N) is 1. The number of hydrogen-bond acceptors (Lipinski definition) is 2. The summed E-state index contributed by atoms with van der Waals surface area (Å²) in [6.45, 7) is 4.27. The Hall–Kier alpha value is -0.830. The molecule has 2 N–H and O–H groups in total. The summed E-state index contributed by atoms with van der Waals surface area (Å²) in [7, 11) is 0. The van der Waals surface area contributed by atoms with E-state index in [1.165, 1.54) is 0 Å². The molecular weight excluding hydrogens is 140 g/mol. The highest BCUT2D eigenvalue weighted by atomic mass is 16.3. The first-order valence-electron chi connectivity index (χ1n) is 3.92. The van der Waals surface area contributed by atoms with Crippen molar-refractivity contribution in [2.24, 2.45) is 0 Å². The molecule has 0 bridgehead atoms. The van der Waals surface area contributed by atoms with Gasteiger partial charge in [-0.2, -0.15) is 0 Å². The number of aliphatic hydroxyl groups is 1. The molecule has 0 amide bonds. The minimum absolute atomic E-state index is 0.0552. The molecule has 1 aromatic heterocycles. The fourth-order valence-corrected chi connectivity index (χ4v) is 1.08. The molecule has 1 unspecified atom stereocenters. The van der Waals surface area contributed by atoms with E-state index in [4.69, 9.17) is 5.11 Å². The third-order valence-electron chi connectivity index (χ3n) is 1.99. The second kappa shape index (κ2) is 3.53. The molecule has 0 spiro atoms. The predicted molar refractivity (Wildman–Crippen MR) is 43.2 cm³/mol. The molecule has 0 fully saturated rings. The van der Waals surface area contributed by atoms with E-state index in [1.54, 1.807) is 6.33 Å². The lowest BCUT2D eigenvalue weighted by molar-refractivity contribution is 0.275. The Bertz CT molecular complexity index is 220. The summed E-state index contributed by atoms with van der Waals surface area (Å²) in [6.07, 6.45) is 2.69. The van der Waals surface area contributed by atoms with E-state index in [2.05, 4.69) is 23.8 Å². The Balaban J connectivity index is 2.83. The van der Waals surface area contributed by atoms with E-state index < -0.39 is 0 Å². The monoisotopic (exact) mass is 154 g/mol. The van der Waals surface area contributed by atoms with Crippen molar-refractivity contribution >= 4 is 0 Å². The quantitative estimate of drug-likeness (QED) is 0.691. The number of imidazole rings is 1. The van der Waals surface area contributed by atoms with Crippen LogP contribution in [0.4, 0.5) is 0 Å². The Kier molecular flexibility index (Phi) is 2.65. The molecule has 62 valence electrons. The van der Waals surface area contributed by atoms with E-state index in [0.29, 0.717) is 5.92 Å². The lowest BCUT2D eigenvalue weighted by Gasteiger charge is -2.05. The maximum absolute atomic E-state index is 8.88. The van der Waals surface area contributed by atoms with Gasteiger partial charge < -0.3 is 10.1 Å². The Morgan fingerprint density at radius 1 is 1.73 bits per heavy atom. The third-order valence-corrected chi connectivity index (χ3v) is 1.99. The van der Waals surface area contributed by atoms with Gasteiger partial charge >= 0.3 is 0 Å². The van der Waals surface area contributed by atoms with Gasteiger partial charge in [-0.05, 0) is 6.42 Å². The van der Waals surface area contributed by atoms with E-state index in [-0.39, 0.29) is 6.61 Å². The molecular formula is C8H14N2O. The van der Waals surface area contributed by atoms with Gasteiger partial charge in [0.25, 0.3) is 0 Å². The second-order valence-corrected chi connectivity index (χ2v) is 2.73. The predicted octanol–water partition coefficient (Wildman–Crippen LogP) is 1.42. The summed E-state index contributed by atoms with van der Waals surface area (Å²) in [5, 5.41) is 8.88. The van der Waals surface area contributed by atoms with Crippen molar-refractivity contribution in [3.63, 3.8) is 0 Å². The van der Waals surface area contributed by atoms with Gasteiger partial charge in [0.15, 0.2) is 0 Å². The minimum atomic E-state index is 0.0552. The van der Waals surface area contributed by atoms with Gasteiger partial charge in [0.05, 0.1) is 24.3 Å². The zero-order valence-corrected chi connectivity index (χ0v) is 6.96. The molecule has 0 aliphatic heterocycles. The van der Waals surface area contributed by atoms with Crippen LogP contribution in [0, 0.1) is 0 Å². The largest absolute Gasteiger partial charge is 0.390 e. The van der Waals surface area contributed by atoms with Gasteiger partial charge in [-0.1, -0.05) is 13.8 Å². The normalized spacial score (nSPS) is 13.4. The summed E-state index contributed by atoms with van der Waals surface area (Å²) in [6, 6.07) is 0. The average Bonchev–Trinajstić information content (AvgIpc) is 2.50. The van der Waals surface area contributed by atoms with Crippen molar-refractivity contribution < 1.29 is 5.11 Å². The topological polar surface area (TPSA) is 48.9 Å². The van der Waals surface area contributed by atoms with Crippen LogP contribution >= 0.6 is 0 Å². The highest BCUT2D eigenvalue weighted by molar-refractivity contribution is 5.14. The smallest absolute Gasteiger partial charge is 0.0926 e. The molecule has 3 heteroatoms. The SMILES string of the molecule is CCC(C)c1nc[nH]c1CO. The van der Waals surface area contributed by atoms with Crippen molar-refractivity contribution in [1.82, 2.24) is 9.97 Å². The second-order valence-electron chi connectivity index (χ2n) is 2.73. The number of nitrogens with zero attached hydrogens (tertiary/aromatic N) is 1. The lowest BCUT2D eigenvalue weighted by atomic mass is 10.0. The molecule has 0 aromatic carbocycles. The molecule has 11 heavy (non-hydrogen) atoms. The van der Waals surface area contributed by atoms with Crippen LogP contribution in [0.1, 0.15) is 37.6 Å². The maximum Gasteiger partial charge on any atom is 0.0926 e. The molecule has 1 heterocycles. The zero-order valence-electron chi connectivity index (χ0n) is 6.96. The van der Waals surface area contributed by atoms with Crippen LogP contribution in [0.25, 0.3) is 0 Å². The van der Waals surface area contributed by atoms with Crippen LogP contribution in [0.15, 0.2) is 6.33 Å². The highest BCUT2D eigenvalue weighted by Crippen LogP contribution is 2.18. The van der Waals surface area contributed by atoms with E-state index in [0.717, 1.165) is 17.8 Å². The lowest BCUT2D eigenvalue weighted by Crippen LogP contribution is -1.97. The van der Waals surface area contributed by atoms with Gasteiger partial charge in [-0.25, -0.2) is 4.98 Å². The van der Waals surface area contributed by atoms with Crippen molar-refractivity contribution in [3.8, 4) is 0 Å². The van der Waals surface area contributed by atoms with E-state index in [9.17, 15) is 0 Å². The first-order chi connectivity index (χ1) is 5.29. The van der Waals surface area contributed by atoms with Crippen molar-refractivity contribution in [2.45, 2.75) is 32.8 Å². The van der Waals surface area contributed by atoms with Gasteiger partial charge in [-0.3, -0.25) is 0 Å². The molecule has 0 radical (unpaired) electrons. The molecule has 1 rings (SSSR count). The first-order valence-corrected chi connectivity index (χ1v) is 3.92. The van der Waals surface area contributed by atoms with E-state index >= 15 is 0 Å². The van der Waals surface area contributed by atoms with Crippen LogP contribution in [-0.2, 0) is 6.61 Å². The fraction of sp³-hybridized carbons (Fsp3) is 0.625. The number of aromatic nitrogens is 2. The summed E-state index contributed by atoms with van der Waals surface area (Å²) in [5.74, 6) is 0.434. The molecule has 1 atom stereocenters. The zero-order chi connectivity index (χ0) is 8.27. The van der Waals surface area contributed by atoms with Crippen molar-refractivity contribution in [2.75, 3.05) is 0 Å². The molecule has 3 nitrogen and oxygen atoms in total. The Morgan fingerprint density at radius 2 is 2.45 bits per heavy atom. The van der Waals surface area contributed by atoms with E-state index in [1.807, 2.05) is 0 Å².